The fourth-order valence-electron chi connectivity index (χ4n) is 8.58. The van der Waals surface area contributed by atoms with E-state index in [1.54, 1.807) is 0 Å². The number of hydrogen-bond acceptors (Lipinski definition) is 8. The zero-order valence-electron chi connectivity index (χ0n) is 30.2. The molecule has 0 amide bonds. The summed E-state index contributed by atoms with van der Waals surface area (Å²) in [6.07, 6.45) is 11.1. The Balaban J connectivity index is 0.858. The molecule has 4 aliphatic rings. The molecule has 2 aromatic rings. The summed E-state index contributed by atoms with van der Waals surface area (Å²) < 4.78 is 12.4. The van der Waals surface area contributed by atoms with Crippen LogP contribution in [-0.2, 0) is 9.47 Å². The van der Waals surface area contributed by atoms with Crippen LogP contribution in [0.15, 0.2) is 42.5 Å². The third-order valence-electron chi connectivity index (χ3n) is 11.4. The first-order valence-corrected chi connectivity index (χ1v) is 19.2. The van der Waals surface area contributed by atoms with Crippen molar-refractivity contribution in [1.29, 1.82) is 0 Å². The highest BCUT2D eigenvalue weighted by molar-refractivity contribution is 5.59. The van der Waals surface area contributed by atoms with Crippen molar-refractivity contribution in [3.63, 3.8) is 0 Å². The Labute approximate surface area is 290 Å². The van der Waals surface area contributed by atoms with E-state index < -0.39 is 0 Å². The highest BCUT2D eigenvalue weighted by atomic mass is 16.5. The maximum Gasteiger partial charge on any atom is 0.0623 e. The van der Waals surface area contributed by atoms with Gasteiger partial charge in [-0.25, -0.2) is 0 Å². The average Bonchev–Trinajstić information content (AvgIpc) is 3.92. The highest BCUT2D eigenvalue weighted by Crippen LogP contribution is 2.32. The fraction of sp³-hybridized carbons (Fsp3) is 0.700. The van der Waals surface area contributed by atoms with Gasteiger partial charge in [-0.05, 0) is 120 Å². The lowest BCUT2D eigenvalue weighted by Crippen LogP contribution is -2.39. The number of anilines is 2. The number of nitrogens with one attached hydrogen (secondary N) is 6. The molecule has 0 aliphatic carbocycles. The minimum absolute atomic E-state index is 0.268. The van der Waals surface area contributed by atoms with Crippen molar-refractivity contribution in [3.05, 3.63) is 59.2 Å². The highest BCUT2D eigenvalue weighted by Gasteiger charge is 2.30. The molecule has 6 N–H and O–H groups in total. The van der Waals surface area contributed by atoms with E-state index in [9.17, 15) is 0 Å². The van der Waals surface area contributed by atoms with Crippen LogP contribution in [0.25, 0.3) is 0 Å². The molecule has 4 aliphatic heterocycles. The minimum atomic E-state index is 0.268. The van der Waals surface area contributed by atoms with E-state index in [4.69, 9.17) is 9.47 Å². The maximum absolute atomic E-state index is 6.39. The number of hydrogen-bond donors (Lipinski definition) is 6. The average molecular weight is 661 g/mol. The third-order valence-corrected chi connectivity index (χ3v) is 11.4. The van der Waals surface area contributed by atoms with Gasteiger partial charge in [-0.1, -0.05) is 37.3 Å². The van der Waals surface area contributed by atoms with Crippen molar-refractivity contribution in [2.24, 2.45) is 5.92 Å². The lowest BCUT2D eigenvalue weighted by atomic mass is 9.98. The molecular weight excluding hydrogens is 596 g/mol. The summed E-state index contributed by atoms with van der Waals surface area (Å²) in [6, 6.07) is 18.8. The SMILES string of the molecule is Cc1cc(C2CC[C@@H](CNc3ccccc3)N2)cc(C)c1NC[C@@H]1CCC(CC(C)OC[C@@H]2CCC(C(C)COC[C@@H]3CCCN3)N2)N1. The van der Waals surface area contributed by atoms with Crippen LogP contribution in [0.5, 0.6) is 0 Å². The molecule has 0 aromatic heterocycles. The van der Waals surface area contributed by atoms with Crippen molar-refractivity contribution in [3.8, 4) is 0 Å². The summed E-state index contributed by atoms with van der Waals surface area (Å²) in [5, 5.41) is 22.6. The van der Waals surface area contributed by atoms with E-state index in [2.05, 4.69) is 102 Å². The van der Waals surface area contributed by atoms with Gasteiger partial charge >= 0.3 is 0 Å². The minimum Gasteiger partial charge on any atom is -0.383 e. The number of benzene rings is 2. The normalized spacial score (nSPS) is 30.1. The zero-order chi connectivity index (χ0) is 33.3. The molecule has 4 saturated heterocycles. The number of ether oxygens (including phenoxy) is 2. The fourth-order valence-corrected chi connectivity index (χ4v) is 8.58. The first kappa shape index (κ1) is 35.6. The van der Waals surface area contributed by atoms with Gasteiger partial charge in [0.05, 0.1) is 25.9 Å². The quantitative estimate of drug-likeness (QED) is 0.122. The topological polar surface area (TPSA) is 90.6 Å². The number of aryl methyl sites for hydroxylation is 2. The third kappa shape index (κ3) is 10.2. The van der Waals surface area contributed by atoms with E-state index in [-0.39, 0.29) is 6.10 Å². The lowest BCUT2D eigenvalue weighted by Gasteiger charge is -2.24. The summed E-state index contributed by atoms with van der Waals surface area (Å²) in [7, 11) is 0. The lowest BCUT2D eigenvalue weighted by molar-refractivity contribution is 0.0394. The van der Waals surface area contributed by atoms with Crippen LogP contribution in [0.4, 0.5) is 11.4 Å². The van der Waals surface area contributed by atoms with Crippen molar-refractivity contribution in [1.82, 2.24) is 21.3 Å². The van der Waals surface area contributed by atoms with Gasteiger partial charge in [-0.15, -0.1) is 0 Å². The molecule has 0 radical (unpaired) electrons. The molecule has 8 nitrogen and oxygen atoms in total. The van der Waals surface area contributed by atoms with Crippen LogP contribution in [0.3, 0.4) is 0 Å². The molecule has 4 heterocycles. The molecule has 0 bridgehead atoms. The smallest absolute Gasteiger partial charge is 0.0623 e. The Morgan fingerprint density at radius 1 is 0.750 bits per heavy atom. The summed E-state index contributed by atoms with van der Waals surface area (Å²) in [5.41, 5.74) is 6.61. The molecule has 6 rings (SSSR count). The summed E-state index contributed by atoms with van der Waals surface area (Å²) in [6.45, 7) is 14.7. The molecule has 9 atom stereocenters. The monoisotopic (exact) mass is 661 g/mol. The largest absolute Gasteiger partial charge is 0.383 e. The summed E-state index contributed by atoms with van der Waals surface area (Å²) in [5.74, 6) is 0.540. The number of para-hydroxylation sites is 1. The molecule has 2 aromatic carbocycles. The molecule has 8 heteroatoms. The molecule has 266 valence electrons. The van der Waals surface area contributed by atoms with Crippen molar-refractivity contribution >= 4 is 11.4 Å². The van der Waals surface area contributed by atoms with Crippen molar-refractivity contribution in [2.45, 2.75) is 134 Å². The first-order valence-electron chi connectivity index (χ1n) is 19.2. The van der Waals surface area contributed by atoms with Crippen LogP contribution >= 0.6 is 0 Å². The molecule has 0 spiro atoms. The Bertz CT molecular complexity index is 1230. The molecule has 0 saturated carbocycles. The van der Waals surface area contributed by atoms with Gasteiger partial charge in [0.1, 0.15) is 0 Å². The van der Waals surface area contributed by atoms with Crippen LogP contribution in [0, 0.1) is 19.8 Å². The van der Waals surface area contributed by atoms with E-state index in [1.807, 2.05) is 0 Å². The van der Waals surface area contributed by atoms with Gasteiger partial charge in [0.25, 0.3) is 0 Å². The first-order chi connectivity index (χ1) is 23.4. The summed E-state index contributed by atoms with van der Waals surface area (Å²) in [4.78, 5) is 0. The van der Waals surface area contributed by atoms with Crippen LogP contribution in [0.1, 0.15) is 94.4 Å². The Hall–Kier alpha value is -2.20. The van der Waals surface area contributed by atoms with Crippen LogP contribution in [0.2, 0.25) is 0 Å². The van der Waals surface area contributed by atoms with Gasteiger partial charge in [0.2, 0.25) is 0 Å². The van der Waals surface area contributed by atoms with Gasteiger partial charge < -0.3 is 41.4 Å². The Kier molecular flexibility index (Phi) is 13.1. The predicted molar refractivity (Wildman–Crippen MR) is 199 cm³/mol. The van der Waals surface area contributed by atoms with Crippen LogP contribution in [-0.4, -0.2) is 81.8 Å². The van der Waals surface area contributed by atoms with E-state index >= 15 is 0 Å². The van der Waals surface area contributed by atoms with Gasteiger partial charge in [0.15, 0.2) is 0 Å². The second-order valence-electron chi connectivity index (χ2n) is 15.5. The van der Waals surface area contributed by atoms with E-state index in [0.717, 1.165) is 45.9 Å². The Morgan fingerprint density at radius 2 is 1.48 bits per heavy atom. The molecular formula is C40H64N6O2. The van der Waals surface area contributed by atoms with Crippen LogP contribution < -0.4 is 31.9 Å². The molecule has 4 fully saturated rings. The van der Waals surface area contributed by atoms with Gasteiger partial charge in [-0.3, -0.25) is 0 Å². The Morgan fingerprint density at radius 3 is 2.27 bits per heavy atom. The predicted octanol–water partition coefficient (Wildman–Crippen LogP) is 6.06. The van der Waals surface area contributed by atoms with E-state index in [0.29, 0.717) is 48.2 Å². The number of rotatable bonds is 17. The maximum atomic E-state index is 6.39. The summed E-state index contributed by atoms with van der Waals surface area (Å²) >= 11 is 0. The molecule has 5 unspecified atom stereocenters. The zero-order valence-corrected chi connectivity index (χ0v) is 30.2. The standard InChI is InChI=1S/C40H64N6O2/c1-27-19-31(39-17-14-35(45-39)22-42-32-9-6-5-7-10-32)20-28(2)40(27)43-23-34-13-12-33(44-34)21-30(4)48-26-37-15-16-38(46-37)29(3)24-47-25-36-11-8-18-41-36/h5-7,9-10,19-20,29-30,33-39,41-46H,8,11-18,21-26H2,1-4H3/t29?,30?,33?,34-,35-,36-,37-,38?,39?/m0/s1. The second kappa shape index (κ2) is 17.6. The van der Waals surface area contributed by atoms with Gasteiger partial charge in [-0.2, -0.15) is 0 Å². The van der Waals surface area contributed by atoms with Crippen molar-refractivity contribution in [2.75, 3.05) is 50.1 Å². The van der Waals surface area contributed by atoms with E-state index in [1.165, 1.54) is 79.4 Å². The molecule has 48 heavy (non-hydrogen) atoms. The second-order valence-corrected chi connectivity index (χ2v) is 15.5. The van der Waals surface area contributed by atoms with Crippen molar-refractivity contribution < 1.29 is 9.47 Å². The van der Waals surface area contributed by atoms with Gasteiger partial charge in [0, 0.05) is 66.8 Å².